The summed E-state index contributed by atoms with van der Waals surface area (Å²) in [4.78, 5) is 8.50. The van der Waals surface area contributed by atoms with Crippen molar-refractivity contribution in [1.82, 2.24) is 15.6 Å². The molecule has 8 heteroatoms. The molecule has 1 aromatic heterocycles. The lowest BCUT2D eigenvalue weighted by Crippen LogP contribution is -2.36. The van der Waals surface area contributed by atoms with Crippen LogP contribution in [0.4, 0.5) is 8.78 Å². The molecule has 3 rings (SSSR count). The van der Waals surface area contributed by atoms with Gasteiger partial charge in [-0.2, -0.15) is 0 Å². The summed E-state index contributed by atoms with van der Waals surface area (Å²) in [7, 11) is 1.60. The van der Waals surface area contributed by atoms with E-state index in [-0.39, 0.29) is 36.1 Å². The predicted molar refractivity (Wildman–Crippen MR) is 115 cm³/mol. The summed E-state index contributed by atoms with van der Waals surface area (Å²) in [5.74, 6) is 0.0242. The lowest BCUT2D eigenvalue weighted by molar-refractivity contribution is 0.572. The standard InChI is InChI=1S/C20H20F2N4O.HI/c1-13-3-5-14(6-4-13)19-26-17(12-27-19)11-25-20(23-2)24-10-15-9-16(21)7-8-18(15)22;/h3-9,12H,10-11H2,1-2H3,(H2,23,24,25);1H. The summed E-state index contributed by atoms with van der Waals surface area (Å²) in [5.41, 5.74) is 2.99. The molecule has 5 nitrogen and oxygen atoms in total. The first-order valence-electron chi connectivity index (χ1n) is 8.45. The maximum Gasteiger partial charge on any atom is 0.226 e. The highest BCUT2D eigenvalue weighted by Crippen LogP contribution is 2.19. The minimum Gasteiger partial charge on any atom is -0.444 e. The molecule has 0 aliphatic heterocycles. The van der Waals surface area contributed by atoms with Gasteiger partial charge >= 0.3 is 0 Å². The van der Waals surface area contributed by atoms with E-state index in [0.717, 1.165) is 29.3 Å². The highest BCUT2D eigenvalue weighted by molar-refractivity contribution is 14.0. The van der Waals surface area contributed by atoms with Crippen LogP contribution in [0.15, 0.2) is 58.1 Å². The number of oxazole rings is 1. The van der Waals surface area contributed by atoms with Crippen molar-refractivity contribution in [3.63, 3.8) is 0 Å². The molecule has 0 bridgehead atoms. The van der Waals surface area contributed by atoms with Gasteiger partial charge in [0.25, 0.3) is 0 Å². The number of aliphatic imine (C=N–C) groups is 1. The van der Waals surface area contributed by atoms with Gasteiger partial charge in [0, 0.05) is 24.7 Å². The Morgan fingerprint density at radius 1 is 1.07 bits per heavy atom. The molecule has 0 aliphatic carbocycles. The second-order valence-electron chi connectivity index (χ2n) is 6.03. The van der Waals surface area contributed by atoms with Crippen LogP contribution in [0, 0.1) is 18.6 Å². The topological polar surface area (TPSA) is 62.5 Å². The molecule has 2 N–H and O–H groups in total. The molecular formula is C20H21F2IN4O. The molecule has 0 aliphatic rings. The minimum atomic E-state index is -0.484. The van der Waals surface area contributed by atoms with Crippen molar-refractivity contribution >= 4 is 29.9 Å². The lowest BCUT2D eigenvalue weighted by Gasteiger charge is -2.11. The highest BCUT2D eigenvalue weighted by Gasteiger charge is 2.08. The first-order chi connectivity index (χ1) is 13.0. The van der Waals surface area contributed by atoms with Crippen molar-refractivity contribution in [2.75, 3.05) is 7.05 Å². The monoisotopic (exact) mass is 498 g/mol. The summed E-state index contributed by atoms with van der Waals surface area (Å²) in [6.07, 6.45) is 1.57. The number of rotatable bonds is 5. The third-order valence-corrected chi connectivity index (χ3v) is 3.96. The summed E-state index contributed by atoms with van der Waals surface area (Å²) in [6, 6.07) is 11.2. The molecule has 1 heterocycles. The zero-order valence-electron chi connectivity index (χ0n) is 15.5. The fourth-order valence-electron chi connectivity index (χ4n) is 2.47. The molecule has 0 radical (unpaired) electrons. The molecule has 0 fully saturated rings. The fraction of sp³-hybridized carbons (Fsp3) is 0.200. The molecule has 28 heavy (non-hydrogen) atoms. The molecular weight excluding hydrogens is 477 g/mol. The fourth-order valence-corrected chi connectivity index (χ4v) is 2.47. The maximum atomic E-state index is 13.7. The Hall–Kier alpha value is -2.49. The average Bonchev–Trinajstić information content (AvgIpc) is 3.14. The number of hydrogen-bond acceptors (Lipinski definition) is 3. The molecule has 3 aromatic rings. The van der Waals surface area contributed by atoms with Gasteiger partial charge in [-0.1, -0.05) is 17.7 Å². The van der Waals surface area contributed by atoms with Crippen molar-refractivity contribution in [3.8, 4) is 11.5 Å². The van der Waals surface area contributed by atoms with Gasteiger partial charge in [-0.05, 0) is 37.3 Å². The quantitative estimate of drug-likeness (QED) is 0.311. The number of guanidine groups is 1. The van der Waals surface area contributed by atoms with Crippen molar-refractivity contribution < 1.29 is 13.2 Å². The van der Waals surface area contributed by atoms with Crippen LogP contribution in [0.2, 0.25) is 0 Å². The number of hydrogen-bond donors (Lipinski definition) is 2. The smallest absolute Gasteiger partial charge is 0.226 e. The van der Waals surface area contributed by atoms with Crippen LogP contribution in [0.3, 0.4) is 0 Å². The van der Waals surface area contributed by atoms with Crippen LogP contribution >= 0.6 is 24.0 Å². The van der Waals surface area contributed by atoms with Crippen LogP contribution in [0.1, 0.15) is 16.8 Å². The Morgan fingerprint density at radius 3 is 2.50 bits per heavy atom. The second-order valence-corrected chi connectivity index (χ2v) is 6.03. The zero-order chi connectivity index (χ0) is 19.2. The maximum absolute atomic E-state index is 13.7. The van der Waals surface area contributed by atoms with Crippen molar-refractivity contribution in [1.29, 1.82) is 0 Å². The third kappa shape index (κ3) is 5.75. The summed E-state index contributed by atoms with van der Waals surface area (Å²) in [5, 5.41) is 6.01. The van der Waals surface area contributed by atoms with E-state index in [1.165, 1.54) is 0 Å². The van der Waals surface area contributed by atoms with E-state index in [4.69, 9.17) is 4.42 Å². The summed E-state index contributed by atoms with van der Waals surface area (Å²) < 4.78 is 32.4. The van der Waals surface area contributed by atoms with Gasteiger partial charge in [-0.3, -0.25) is 4.99 Å². The largest absolute Gasteiger partial charge is 0.444 e. The number of halogens is 3. The number of aromatic nitrogens is 1. The van der Waals surface area contributed by atoms with E-state index in [9.17, 15) is 8.78 Å². The first kappa shape index (κ1) is 21.8. The van der Waals surface area contributed by atoms with E-state index in [0.29, 0.717) is 24.1 Å². The van der Waals surface area contributed by atoms with Gasteiger partial charge in [-0.25, -0.2) is 13.8 Å². The minimum absolute atomic E-state index is 0. The van der Waals surface area contributed by atoms with Crippen LogP contribution < -0.4 is 10.6 Å². The van der Waals surface area contributed by atoms with Gasteiger partial charge in [0.1, 0.15) is 17.9 Å². The Bertz CT molecular complexity index is 942. The van der Waals surface area contributed by atoms with Crippen LogP contribution in [0.25, 0.3) is 11.5 Å². The SMILES string of the molecule is CN=C(NCc1coc(-c2ccc(C)cc2)n1)NCc1cc(F)ccc1F.I. The normalized spacial score (nSPS) is 11.1. The number of nitrogens with one attached hydrogen (secondary N) is 2. The zero-order valence-corrected chi connectivity index (χ0v) is 17.8. The van der Waals surface area contributed by atoms with Crippen LogP contribution in [-0.2, 0) is 13.1 Å². The van der Waals surface area contributed by atoms with E-state index >= 15 is 0 Å². The third-order valence-electron chi connectivity index (χ3n) is 3.96. The summed E-state index contributed by atoms with van der Waals surface area (Å²) >= 11 is 0. The Kier molecular flexibility index (Phi) is 7.91. The number of aryl methyl sites for hydroxylation is 1. The molecule has 148 valence electrons. The van der Waals surface area contributed by atoms with Crippen molar-refractivity contribution in [2.24, 2.45) is 4.99 Å². The molecule has 0 atom stereocenters. The van der Waals surface area contributed by atoms with E-state index in [1.54, 1.807) is 13.3 Å². The molecule has 0 saturated heterocycles. The lowest BCUT2D eigenvalue weighted by atomic mass is 10.1. The van der Waals surface area contributed by atoms with E-state index < -0.39 is 11.6 Å². The average molecular weight is 498 g/mol. The first-order valence-corrected chi connectivity index (χ1v) is 8.45. The molecule has 0 spiro atoms. The van der Waals surface area contributed by atoms with Crippen molar-refractivity contribution in [3.05, 3.63) is 77.2 Å². The van der Waals surface area contributed by atoms with E-state index in [2.05, 4.69) is 20.6 Å². The van der Waals surface area contributed by atoms with E-state index in [1.807, 2.05) is 31.2 Å². The summed E-state index contributed by atoms with van der Waals surface area (Å²) in [6.45, 7) is 2.50. The Labute approximate surface area is 179 Å². The predicted octanol–water partition coefficient (Wildman–Crippen LogP) is 4.41. The molecule has 0 amide bonds. The molecule has 2 aromatic carbocycles. The van der Waals surface area contributed by atoms with Gasteiger partial charge in [0.05, 0.1) is 12.2 Å². The van der Waals surface area contributed by atoms with Crippen molar-refractivity contribution in [2.45, 2.75) is 20.0 Å². The van der Waals surface area contributed by atoms with Crippen LogP contribution in [-0.4, -0.2) is 18.0 Å². The van der Waals surface area contributed by atoms with Crippen LogP contribution in [0.5, 0.6) is 0 Å². The molecule has 0 unspecified atom stereocenters. The molecule has 0 saturated carbocycles. The highest BCUT2D eigenvalue weighted by atomic mass is 127. The van der Waals surface area contributed by atoms with Gasteiger partial charge in [-0.15, -0.1) is 24.0 Å². The number of benzene rings is 2. The second kappa shape index (κ2) is 10.2. The van der Waals surface area contributed by atoms with Gasteiger partial charge in [0.15, 0.2) is 5.96 Å². The number of nitrogens with zero attached hydrogens (tertiary/aromatic N) is 2. The van der Waals surface area contributed by atoms with Gasteiger partial charge in [0.2, 0.25) is 5.89 Å². The Morgan fingerprint density at radius 2 is 1.79 bits per heavy atom. The Balaban J connectivity index is 0.00000280. The van der Waals surface area contributed by atoms with Gasteiger partial charge < -0.3 is 15.1 Å².